The largest absolute Gasteiger partial charge is 0.343 e. The van der Waals surface area contributed by atoms with Gasteiger partial charge in [0.15, 0.2) is 0 Å². The molecule has 1 amide bonds. The number of amides is 1. The summed E-state index contributed by atoms with van der Waals surface area (Å²) in [5.41, 5.74) is 0. The Labute approximate surface area is 115 Å². The van der Waals surface area contributed by atoms with Gasteiger partial charge < -0.3 is 10.2 Å². The van der Waals surface area contributed by atoms with E-state index < -0.39 is 10.0 Å². The lowest BCUT2D eigenvalue weighted by Gasteiger charge is -2.31. The van der Waals surface area contributed by atoms with Crippen LogP contribution in [-0.4, -0.2) is 69.1 Å². The number of rotatable bonds is 4. The molecule has 0 radical (unpaired) electrons. The molecule has 7 heteroatoms. The monoisotopic (exact) mass is 289 g/mol. The fraction of sp³-hybridized carbons (Fsp3) is 0.917. The van der Waals surface area contributed by atoms with Crippen molar-refractivity contribution in [3.63, 3.8) is 0 Å². The molecule has 0 aromatic carbocycles. The van der Waals surface area contributed by atoms with Gasteiger partial charge in [0.1, 0.15) is 0 Å². The van der Waals surface area contributed by atoms with Crippen molar-refractivity contribution in [3.05, 3.63) is 0 Å². The van der Waals surface area contributed by atoms with Gasteiger partial charge in [-0.25, -0.2) is 8.42 Å². The normalized spacial score (nSPS) is 23.8. The molecule has 2 rings (SSSR count). The zero-order valence-electron chi connectivity index (χ0n) is 11.5. The molecule has 2 aliphatic rings. The van der Waals surface area contributed by atoms with Gasteiger partial charge in [0, 0.05) is 20.1 Å². The van der Waals surface area contributed by atoms with E-state index in [1.54, 1.807) is 11.9 Å². The summed E-state index contributed by atoms with van der Waals surface area (Å²) in [7, 11) is -1.56. The number of piperazine rings is 1. The number of sulfonamides is 1. The van der Waals surface area contributed by atoms with Crippen LogP contribution in [-0.2, 0) is 14.8 Å². The molecule has 0 spiro atoms. The van der Waals surface area contributed by atoms with E-state index in [-0.39, 0.29) is 18.2 Å². The first-order valence-electron chi connectivity index (χ1n) is 6.91. The van der Waals surface area contributed by atoms with Crippen LogP contribution in [0.25, 0.3) is 0 Å². The summed E-state index contributed by atoms with van der Waals surface area (Å²) < 4.78 is 25.8. The molecule has 0 bridgehead atoms. The van der Waals surface area contributed by atoms with Gasteiger partial charge in [0.05, 0.1) is 12.3 Å². The van der Waals surface area contributed by atoms with Crippen LogP contribution in [0.15, 0.2) is 0 Å². The Hall–Kier alpha value is -0.660. The van der Waals surface area contributed by atoms with Crippen LogP contribution in [0, 0.1) is 5.92 Å². The summed E-state index contributed by atoms with van der Waals surface area (Å²) in [6.45, 7) is 2.89. The van der Waals surface area contributed by atoms with Gasteiger partial charge in [-0.3, -0.25) is 4.79 Å². The minimum atomic E-state index is -3.27. The third kappa shape index (κ3) is 3.90. The lowest BCUT2D eigenvalue weighted by Crippen LogP contribution is -2.51. The number of carbonyl (C=O) groups is 1. The zero-order chi connectivity index (χ0) is 13.9. The molecule has 19 heavy (non-hydrogen) atoms. The molecule has 2 saturated heterocycles. The molecule has 0 unspecified atom stereocenters. The van der Waals surface area contributed by atoms with E-state index in [4.69, 9.17) is 0 Å². The second kappa shape index (κ2) is 6.19. The van der Waals surface area contributed by atoms with Gasteiger partial charge in [-0.15, -0.1) is 0 Å². The lowest BCUT2D eigenvalue weighted by atomic mass is 9.96. The fourth-order valence-corrected chi connectivity index (χ4v) is 4.15. The summed E-state index contributed by atoms with van der Waals surface area (Å²) in [4.78, 5) is 13.2. The predicted octanol–water partition coefficient (Wildman–Crippen LogP) is -0.520. The van der Waals surface area contributed by atoms with Crippen molar-refractivity contribution in [3.8, 4) is 0 Å². The van der Waals surface area contributed by atoms with Crippen LogP contribution in [0.3, 0.4) is 0 Å². The number of nitrogens with one attached hydrogen (secondary N) is 1. The number of carbonyl (C=O) groups excluding carboxylic acids is 1. The maximum absolute atomic E-state index is 12.2. The van der Waals surface area contributed by atoms with E-state index in [0.717, 1.165) is 25.9 Å². The van der Waals surface area contributed by atoms with Crippen molar-refractivity contribution in [2.45, 2.75) is 19.3 Å². The number of likely N-dealkylation sites (N-methyl/N-ethyl adjacent to an activating group) is 1. The maximum atomic E-state index is 12.2. The van der Waals surface area contributed by atoms with E-state index in [0.29, 0.717) is 25.4 Å². The maximum Gasteiger partial charge on any atom is 0.237 e. The smallest absolute Gasteiger partial charge is 0.237 e. The molecular weight excluding hydrogens is 266 g/mol. The molecule has 0 atom stereocenters. The highest BCUT2D eigenvalue weighted by atomic mass is 32.2. The Morgan fingerprint density at radius 2 is 1.95 bits per heavy atom. The topological polar surface area (TPSA) is 69.7 Å². The van der Waals surface area contributed by atoms with Crippen LogP contribution < -0.4 is 5.32 Å². The van der Waals surface area contributed by atoms with Gasteiger partial charge in [0.25, 0.3) is 0 Å². The van der Waals surface area contributed by atoms with Gasteiger partial charge in [0.2, 0.25) is 15.9 Å². The highest BCUT2D eigenvalue weighted by Gasteiger charge is 2.30. The molecule has 1 N–H and O–H groups in total. The Kier molecular flexibility index (Phi) is 4.81. The summed E-state index contributed by atoms with van der Waals surface area (Å²) in [6.07, 6.45) is 2.82. The quantitative estimate of drug-likeness (QED) is 0.756. The van der Waals surface area contributed by atoms with Crippen LogP contribution in [0.4, 0.5) is 0 Å². The molecule has 0 aromatic rings. The van der Waals surface area contributed by atoms with Gasteiger partial charge in [-0.1, -0.05) is 0 Å². The number of nitrogens with zero attached hydrogens (tertiary/aromatic N) is 2. The second-order valence-corrected chi connectivity index (χ2v) is 7.54. The highest BCUT2D eigenvalue weighted by molar-refractivity contribution is 7.89. The van der Waals surface area contributed by atoms with Crippen molar-refractivity contribution in [2.75, 3.05) is 45.5 Å². The summed E-state index contributed by atoms with van der Waals surface area (Å²) in [5.74, 6) is 0.560. The number of hydrogen-bond acceptors (Lipinski definition) is 4. The van der Waals surface area contributed by atoms with Crippen LogP contribution >= 0.6 is 0 Å². The Bertz CT molecular complexity index is 418. The van der Waals surface area contributed by atoms with E-state index in [2.05, 4.69) is 5.32 Å². The average molecular weight is 289 g/mol. The molecule has 2 aliphatic heterocycles. The molecule has 0 aromatic heterocycles. The van der Waals surface area contributed by atoms with Crippen molar-refractivity contribution in [1.29, 1.82) is 0 Å². The van der Waals surface area contributed by atoms with Crippen molar-refractivity contribution in [1.82, 2.24) is 14.5 Å². The van der Waals surface area contributed by atoms with Crippen LogP contribution in [0.5, 0.6) is 0 Å². The van der Waals surface area contributed by atoms with Gasteiger partial charge in [-0.05, 0) is 38.3 Å². The first-order valence-corrected chi connectivity index (χ1v) is 8.52. The zero-order valence-corrected chi connectivity index (χ0v) is 12.3. The van der Waals surface area contributed by atoms with E-state index in [1.165, 1.54) is 4.31 Å². The molecule has 0 aliphatic carbocycles. The Balaban J connectivity index is 1.85. The number of piperidine rings is 1. The highest BCUT2D eigenvalue weighted by Crippen LogP contribution is 2.18. The van der Waals surface area contributed by atoms with Crippen molar-refractivity contribution in [2.24, 2.45) is 5.92 Å². The molecule has 2 heterocycles. The molecule has 0 saturated carbocycles. The molecule has 110 valence electrons. The summed E-state index contributed by atoms with van der Waals surface area (Å²) in [5, 5.41) is 3.28. The SMILES string of the molecule is CN1CCN(S(=O)(=O)CCC2CCNCC2)CC1=O. The molecule has 2 fully saturated rings. The van der Waals surface area contributed by atoms with Crippen LogP contribution in [0.1, 0.15) is 19.3 Å². The first-order chi connectivity index (χ1) is 8.99. The standard InChI is InChI=1S/C12H23N3O3S/c1-14-7-8-15(10-12(14)16)19(17,18)9-4-11-2-5-13-6-3-11/h11,13H,2-10H2,1H3. The second-order valence-electron chi connectivity index (χ2n) is 5.45. The van der Waals surface area contributed by atoms with E-state index in [9.17, 15) is 13.2 Å². The first kappa shape index (κ1) is 14.7. The third-order valence-electron chi connectivity index (χ3n) is 4.06. The minimum Gasteiger partial charge on any atom is -0.343 e. The lowest BCUT2D eigenvalue weighted by molar-refractivity contribution is -0.132. The summed E-state index contributed by atoms with van der Waals surface area (Å²) >= 11 is 0. The predicted molar refractivity (Wildman–Crippen MR) is 73.2 cm³/mol. The van der Waals surface area contributed by atoms with Crippen LogP contribution in [0.2, 0.25) is 0 Å². The fourth-order valence-electron chi connectivity index (χ4n) is 2.59. The Morgan fingerprint density at radius 1 is 1.26 bits per heavy atom. The molecule has 6 nitrogen and oxygen atoms in total. The Morgan fingerprint density at radius 3 is 2.58 bits per heavy atom. The average Bonchev–Trinajstić information content (AvgIpc) is 2.41. The van der Waals surface area contributed by atoms with Gasteiger partial charge >= 0.3 is 0 Å². The third-order valence-corrected chi connectivity index (χ3v) is 5.91. The minimum absolute atomic E-state index is 0.00502. The van der Waals surface area contributed by atoms with Crippen molar-refractivity contribution >= 4 is 15.9 Å². The van der Waals surface area contributed by atoms with Crippen molar-refractivity contribution < 1.29 is 13.2 Å². The van der Waals surface area contributed by atoms with Gasteiger partial charge in [-0.2, -0.15) is 4.31 Å². The number of hydrogen-bond donors (Lipinski definition) is 1. The van der Waals surface area contributed by atoms with E-state index >= 15 is 0 Å². The van der Waals surface area contributed by atoms with E-state index in [1.807, 2.05) is 0 Å². The molecular formula is C12H23N3O3S. The summed E-state index contributed by atoms with van der Waals surface area (Å²) in [6, 6.07) is 0.